The van der Waals surface area contributed by atoms with Crippen molar-refractivity contribution < 1.29 is 23.5 Å². The highest BCUT2D eigenvalue weighted by molar-refractivity contribution is 7.15. The van der Waals surface area contributed by atoms with Gasteiger partial charge in [0.2, 0.25) is 0 Å². The van der Waals surface area contributed by atoms with Gasteiger partial charge in [-0.3, -0.25) is 15.1 Å². The standard InChI is InChI=1S/C27H25F2N5O3S/c28-20-4-5-23(22(29)17-20)31-27(35)34(36)21-3-1-2-19(16-21)26-25(18-6-9-30-10-7-18)32-24(38-26)8-11-33-12-14-37-15-13-33/h1-7,9-10,16-17,36H,8,11-15H2,(H,31,35). The lowest BCUT2D eigenvalue weighted by atomic mass is 10.1. The molecule has 11 heteroatoms. The molecule has 0 bridgehead atoms. The number of rotatable bonds is 7. The van der Waals surface area contributed by atoms with Crippen molar-refractivity contribution in [3.05, 3.63) is 83.6 Å². The van der Waals surface area contributed by atoms with Crippen LogP contribution in [0.1, 0.15) is 5.01 Å². The number of carbonyl (C=O) groups excluding carboxylic acids is 1. The van der Waals surface area contributed by atoms with E-state index in [1.165, 1.54) is 0 Å². The zero-order valence-electron chi connectivity index (χ0n) is 20.3. The molecular formula is C27H25F2N5O3S. The van der Waals surface area contributed by atoms with Crippen molar-refractivity contribution in [3.63, 3.8) is 0 Å². The van der Waals surface area contributed by atoms with E-state index in [0.717, 1.165) is 78.1 Å². The lowest BCUT2D eigenvalue weighted by Crippen LogP contribution is -2.37. The van der Waals surface area contributed by atoms with Gasteiger partial charge >= 0.3 is 6.03 Å². The van der Waals surface area contributed by atoms with E-state index in [1.54, 1.807) is 41.9 Å². The van der Waals surface area contributed by atoms with Crippen LogP contribution in [-0.4, -0.2) is 59.0 Å². The molecule has 0 radical (unpaired) electrons. The third-order valence-corrected chi connectivity index (χ3v) is 7.25. The van der Waals surface area contributed by atoms with Crippen LogP contribution in [0.4, 0.5) is 25.0 Å². The number of anilines is 2. The van der Waals surface area contributed by atoms with Crippen LogP contribution in [0.15, 0.2) is 67.0 Å². The number of halogens is 2. The fraction of sp³-hybridized carbons (Fsp3) is 0.222. The molecule has 1 aliphatic rings. The molecule has 0 aliphatic carbocycles. The minimum absolute atomic E-state index is 0.173. The van der Waals surface area contributed by atoms with Crippen molar-refractivity contribution in [2.75, 3.05) is 43.2 Å². The first-order valence-corrected chi connectivity index (χ1v) is 12.9. The molecule has 2 aromatic carbocycles. The minimum atomic E-state index is -0.988. The molecule has 1 fully saturated rings. The summed E-state index contributed by atoms with van der Waals surface area (Å²) >= 11 is 1.56. The third-order valence-electron chi connectivity index (χ3n) is 6.09. The number of hydrogen-bond acceptors (Lipinski definition) is 7. The first-order valence-electron chi connectivity index (χ1n) is 12.0. The molecule has 0 atom stereocenters. The van der Waals surface area contributed by atoms with Gasteiger partial charge in [0, 0.05) is 50.1 Å². The molecule has 196 valence electrons. The summed E-state index contributed by atoms with van der Waals surface area (Å²) in [6.45, 7) is 4.13. The Bertz CT molecular complexity index is 1410. The number of nitrogens with one attached hydrogen (secondary N) is 1. The van der Waals surface area contributed by atoms with Crippen molar-refractivity contribution >= 4 is 28.7 Å². The fourth-order valence-electron chi connectivity index (χ4n) is 4.11. The van der Waals surface area contributed by atoms with Crippen molar-refractivity contribution in [3.8, 4) is 21.7 Å². The summed E-state index contributed by atoms with van der Waals surface area (Å²) in [6.07, 6.45) is 4.19. The van der Waals surface area contributed by atoms with E-state index in [4.69, 9.17) is 9.72 Å². The lowest BCUT2D eigenvalue weighted by Gasteiger charge is -2.25. The summed E-state index contributed by atoms with van der Waals surface area (Å²) in [7, 11) is 0. The molecule has 0 saturated carbocycles. The van der Waals surface area contributed by atoms with E-state index in [0.29, 0.717) is 11.1 Å². The smallest absolute Gasteiger partial charge is 0.350 e. The molecule has 1 saturated heterocycles. The zero-order valence-corrected chi connectivity index (χ0v) is 21.1. The van der Waals surface area contributed by atoms with Gasteiger partial charge in [-0.1, -0.05) is 12.1 Å². The van der Waals surface area contributed by atoms with Gasteiger partial charge in [-0.05, 0) is 42.0 Å². The van der Waals surface area contributed by atoms with Crippen LogP contribution in [-0.2, 0) is 11.2 Å². The molecule has 2 N–H and O–H groups in total. The first-order chi connectivity index (χ1) is 18.5. The number of hydroxylamine groups is 1. The average Bonchev–Trinajstić information content (AvgIpc) is 3.38. The number of nitrogens with zero attached hydrogens (tertiary/aromatic N) is 4. The molecule has 38 heavy (non-hydrogen) atoms. The molecule has 2 aromatic heterocycles. The topological polar surface area (TPSA) is 90.8 Å². The van der Waals surface area contributed by atoms with Crippen molar-refractivity contribution in [1.29, 1.82) is 0 Å². The quantitative estimate of drug-likeness (QED) is 0.241. The Balaban J connectivity index is 1.40. The predicted molar refractivity (Wildman–Crippen MR) is 141 cm³/mol. The number of hydrogen-bond donors (Lipinski definition) is 2. The van der Waals surface area contributed by atoms with E-state index in [1.807, 2.05) is 18.2 Å². The summed E-state index contributed by atoms with van der Waals surface area (Å²) in [5.74, 6) is -1.72. The molecule has 4 aromatic rings. The molecule has 8 nitrogen and oxygen atoms in total. The van der Waals surface area contributed by atoms with Crippen LogP contribution in [0, 0.1) is 11.6 Å². The lowest BCUT2D eigenvalue weighted by molar-refractivity contribution is 0.0384. The van der Waals surface area contributed by atoms with E-state index in [9.17, 15) is 18.8 Å². The summed E-state index contributed by atoms with van der Waals surface area (Å²) < 4.78 is 32.6. The number of carbonyl (C=O) groups is 1. The van der Waals surface area contributed by atoms with Crippen LogP contribution in [0.2, 0.25) is 0 Å². The predicted octanol–water partition coefficient (Wildman–Crippen LogP) is 5.45. The molecule has 0 spiro atoms. The Kier molecular flexibility index (Phi) is 7.99. The van der Waals surface area contributed by atoms with Gasteiger partial charge in [0.25, 0.3) is 0 Å². The van der Waals surface area contributed by atoms with Gasteiger partial charge in [0.05, 0.1) is 40.2 Å². The van der Waals surface area contributed by atoms with Crippen LogP contribution in [0.5, 0.6) is 0 Å². The molecule has 3 heterocycles. The molecule has 2 amide bonds. The number of amides is 2. The monoisotopic (exact) mass is 537 g/mol. The molecule has 5 rings (SSSR count). The van der Waals surface area contributed by atoms with E-state index in [-0.39, 0.29) is 11.4 Å². The fourth-order valence-corrected chi connectivity index (χ4v) is 5.18. The molecular weight excluding hydrogens is 512 g/mol. The van der Waals surface area contributed by atoms with E-state index < -0.39 is 17.7 Å². The normalized spacial score (nSPS) is 13.9. The van der Waals surface area contributed by atoms with Gasteiger partial charge in [-0.2, -0.15) is 5.06 Å². The Morgan fingerprint density at radius 2 is 1.87 bits per heavy atom. The zero-order chi connectivity index (χ0) is 26.5. The average molecular weight is 538 g/mol. The number of aromatic nitrogens is 2. The number of morpholine rings is 1. The Morgan fingerprint density at radius 1 is 1.08 bits per heavy atom. The van der Waals surface area contributed by atoms with Crippen LogP contribution < -0.4 is 10.4 Å². The summed E-state index contributed by atoms with van der Waals surface area (Å²) in [5, 5.41) is 14.2. The highest BCUT2D eigenvalue weighted by atomic mass is 32.1. The van der Waals surface area contributed by atoms with Crippen LogP contribution in [0.25, 0.3) is 21.7 Å². The van der Waals surface area contributed by atoms with Gasteiger partial charge in [0.1, 0.15) is 11.6 Å². The van der Waals surface area contributed by atoms with E-state index >= 15 is 0 Å². The second-order valence-electron chi connectivity index (χ2n) is 8.64. The first kappa shape index (κ1) is 25.9. The van der Waals surface area contributed by atoms with Crippen LogP contribution in [0.3, 0.4) is 0 Å². The molecule has 0 unspecified atom stereocenters. The van der Waals surface area contributed by atoms with Crippen molar-refractivity contribution in [2.45, 2.75) is 6.42 Å². The number of thiazole rings is 1. The minimum Gasteiger partial charge on any atom is -0.379 e. The molecule has 1 aliphatic heterocycles. The number of pyridine rings is 1. The van der Waals surface area contributed by atoms with E-state index in [2.05, 4.69) is 15.2 Å². The SMILES string of the molecule is O=C(Nc1ccc(F)cc1F)N(O)c1cccc(-c2sc(CCN3CCOCC3)nc2-c2ccncc2)c1. The van der Waals surface area contributed by atoms with Crippen molar-refractivity contribution in [2.24, 2.45) is 0 Å². The van der Waals surface area contributed by atoms with Gasteiger partial charge in [-0.25, -0.2) is 18.6 Å². The summed E-state index contributed by atoms with van der Waals surface area (Å²) in [4.78, 5) is 24.9. The summed E-state index contributed by atoms with van der Waals surface area (Å²) in [6, 6.07) is 12.3. The second kappa shape index (κ2) is 11.7. The highest BCUT2D eigenvalue weighted by Crippen LogP contribution is 2.38. The maximum atomic E-state index is 14.0. The van der Waals surface area contributed by atoms with Crippen LogP contribution >= 0.6 is 11.3 Å². The summed E-state index contributed by atoms with van der Waals surface area (Å²) in [5.41, 5.74) is 2.36. The number of benzene rings is 2. The third kappa shape index (κ3) is 6.03. The van der Waals surface area contributed by atoms with Gasteiger partial charge in [0.15, 0.2) is 0 Å². The van der Waals surface area contributed by atoms with Gasteiger partial charge in [-0.15, -0.1) is 11.3 Å². The maximum Gasteiger partial charge on any atom is 0.350 e. The Labute approximate surface area is 222 Å². The number of ether oxygens (including phenoxy) is 1. The highest BCUT2D eigenvalue weighted by Gasteiger charge is 2.20. The maximum absolute atomic E-state index is 14.0. The van der Waals surface area contributed by atoms with Crippen molar-refractivity contribution in [1.82, 2.24) is 14.9 Å². The van der Waals surface area contributed by atoms with Gasteiger partial charge < -0.3 is 10.1 Å². The number of urea groups is 1. The largest absolute Gasteiger partial charge is 0.379 e. The second-order valence-corrected chi connectivity index (χ2v) is 9.73. The Morgan fingerprint density at radius 3 is 2.63 bits per heavy atom. The Hall–Kier alpha value is -3.77.